The molecule has 0 atom stereocenters. The smallest absolute Gasteiger partial charge is 0.208 e. The molecule has 0 spiro atoms. The highest BCUT2D eigenvalue weighted by atomic mass is 35.5. The molecule has 1 aromatic carbocycles. The van der Waals surface area contributed by atoms with Crippen LogP contribution in [0.25, 0.3) is 0 Å². The highest BCUT2D eigenvalue weighted by Crippen LogP contribution is 2.31. The first kappa shape index (κ1) is 10.9. The molecule has 0 radical (unpaired) electrons. The van der Waals surface area contributed by atoms with E-state index in [-0.39, 0.29) is 0 Å². The molecule has 7 heteroatoms. The maximum atomic E-state index is 6.00. The van der Waals surface area contributed by atoms with E-state index in [0.717, 1.165) is 0 Å². The molecule has 0 unspecified atom stereocenters. The number of H-pyrrole nitrogens is 1. The quantitative estimate of drug-likeness (QED) is 0.807. The van der Waals surface area contributed by atoms with E-state index in [2.05, 4.69) is 15.5 Å². The fourth-order valence-electron chi connectivity index (χ4n) is 0.999. The second kappa shape index (κ2) is 4.49. The van der Waals surface area contributed by atoms with Gasteiger partial charge in [0.1, 0.15) is 0 Å². The van der Waals surface area contributed by atoms with Gasteiger partial charge in [-0.25, -0.2) is 0 Å². The summed E-state index contributed by atoms with van der Waals surface area (Å²) >= 11 is 18.1. The monoisotopic (exact) mass is 277 g/mol. The van der Waals surface area contributed by atoms with E-state index in [1.807, 2.05) is 12.1 Å². The first-order valence-corrected chi connectivity index (χ1v) is 5.91. The molecule has 2 aromatic rings. The molecular weight excluding hydrogens is 273 g/mol. The summed E-state index contributed by atoms with van der Waals surface area (Å²) in [6, 6.07) is 5.35. The zero-order valence-electron chi connectivity index (χ0n) is 7.25. The average Bonchev–Trinajstić information content (AvgIpc) is 2.59. The largest absolute Gasteiger partial charge is 0.329 e. The second-order valence-corrected chi connectivity index (χ2v) is 5.10. The molecule has 15 heavy (non-hydrogen) atoms. The van der Waals surface area contributed by atoms with Crippen LogP contribution in [-0.2, 0) is 0 Å². The van der Waals surface area contributed by atoms with Gasteiger partial charge in [-0.05, 0) is 24.4 Å². The number of nitrogens with one attached hydrogen (secondary N) is 2. The van der Waals surface area contributed by atoms with Crippen LogP contribution < -0.4 is 5.32 Å². The number of rotatable bonds is 2. The van der Waals surface area contributed by atoms with Gasteiger partial charge in [-0.1, -0.05) is 40.6 Å². The molecule has 0 bridgehead atoms. The SMILES string of the molecule is S=c1[nH]nc(Nc2cccc(Cl)c2Cl)s1. The number of anilines is 2. The summed E-state index contributed by atoms with van der Waals surface area (Å²) in [4.78, 5) is 0. The number of hydrogen-bond acceptors (Lipinski definition) is 4. The van der Waals surface area contributed by atoms with Crippen molar-refractivity contribution in [2.75, 3.05) is 5.32 Å². The molecule has 0 amide bonds. The van der Waals surface area contributed by atoms with Crippen molar-refractivity contribution >= 4 is 57.6 Å². The van der Waals surface area contributed by atoms with Gasteiger partial charge in [0.05, 0.1) is 15.7 Å². The van der Waals surface area contributed by atoms with Gasteiger partial charge in [0, 0.05) is 0 Å². The summed E-state index contributed by atoms with van der Waals surface area (Å²) in [6.07, 6.45) is 0. The fourth-order valence-corrected chi connectivity index (χ4v) is 2.15. The van der Waals surface area contributed by atoms with Crippen LogP contribution in [0.3, 0.4) is 0 Å². The van der Waals surface area contributed by atoms with Crippen molar-refractivity contribution in [1.82, 2.24) is 10.2 Å². The van der Waals surface area contributed by atoms with Crippen molar-refractivity contribution in [3.63, 3.8) is 0 Å². The van der Waals surface area contributed by atoms with E-state index in [1.165, 1.54) is 11.3 Å². The second-order valence-electron chi connectivity index (χ2n) is 2.64. The average molecular weight is 278 g/mol. The Kier molecular flexibility index (Phi) is 3.25. The summed E-state index contributed by atoms with van der Waals surface area (Å²) < 4.78 is 0.607. The van der Waals surface area contributed by atoms with Crippen LogP contribution in [0, 0.1) is 3.95 Å². The van der Waals surface area contributed by atoms with Crippen LogP contribution in [0.15, 0.2) is 18.2 Å². The Labute approximate surface area is 105 Å². The highest BCUT2D eigenvalue weighted by molar-refractivity contribution is 7.73. The Balaban J connectivity index is 2.32. The molecule has 1 aromatic heterocycles. The lowest BCUT2D eigenvalue weighted by Crippen LogP contribution is -1.90. The molecule has 2 N–H and O–H groups in total. The van der Waals surface area contributed by atoms with Crippen LogP contribution in [-0.4, -0.2) is 10.2 Å². The predicted molar refractivity (Wildman–Crippen MR) is 67.0 cm³/mol. The molecule has 0 fully saturated rings. The van der Waals surface area contributed by atoms with Crippen LogP contribution in [0.1, 0.15) is 0 Å². The topological polar surface area (TPSA) is 40.7 Å². The Morgan fingerprint density at radius 2 is 2.20 bits per heavy atom. The Morgan fingerprint density at radius 1 is 1.40 bits per heavy atom. The van der Waals surface area contributed by atoms with Crippen molar-refractivity contribution in [2.45, 2.75) is 0 Å². The third kappa shape index (κ3) is 2.49. The lowest BCUT2D eigenvalue weighted by Gasteiger charge is -2.05. The summed E-state index contributed by atoms with van der Waals surface area (Å²) in [7, 11) is 0. The van der Waals surface area contributed by atoms with Crippen molar-refractivity contribution in [3.05, 3.63) is 32.2 Å². The minimum absolute atomic E-state index is 0.472. The van der Waals surface area contributed by atoms with E-state index in [1.54, 1.807) is 6.07 Å². The van der Waals surface area contributed by atoms with Gasteiger partial charge in [0.25, 0.3) is 0 Å². The molecule has 0 saturated carbocycles. The Hall–Kier alpha value is -0.620. The first-order chi connectivity index (χ1) is 7.16. The number of nitrogens with zero attached hydrogens (tertiary/aromatic N) is 1. The molecule has 0 aliphatic carbocycles. The lowest BCUT2D eigenvalue weighted by atomic mass is 10.3. The van der Waals surface area contributed by atoms with Crippen LogP contribution in [0.4, 0.5) is 10.8 Å². The van der Waals surface area contributed by atoms with Crippen molar-refractivity contribution < 1.29 is 0 Å². The van der Waals surface area contributed by atoms with Gasteiger partial charge < -0.3 is 5.32 Å². The lowest BCUT2D eigenvalue weighted by molar-refractivity contribution is 1.08. The predicted octanol–water partition coefficient (Wildman–Crippen LogP) is 4.25. The van der Waals surface area contributed by atoms with Crippen molar-refractivity contribution in [1.29, 1.82) is 0 Å². The molecule has 2 rings (SSSR count). The minimum Gasteiger partial charge on any atom is -0.329 e. The molecule has 0 aliphatic rings. The summed E-state index contributed by atoms with van der Waals surface area (Å²) in [6.45, 7) is 0. The van der Waals surface area contributed by atoms with Crippen molar-refractivity contribution in [2.24, 2.45) is 0 Å². The maximum Gasteiger partial charge on any atom is 0.208 e. The van der Waals surface area contributed by atoms with E-state index < -0.39 is 0 Å². The van der Waals surface area contributed by atoms with Gasteiger partial charge in [0.15, 0.2) is 3.95 Å². The third-order valence-corrected chi connectivity index (χ3v) is 3.45. The van der Waals surface area contributed by atoms with Gasteiger partial charge in [0.2, 0.25) is 5.13 Å². The van der Waals surface area contributed by atoms with E-state index in [4.69, 9.17) is 35.4 Å². The molecule has 3 nitrogen and oxygen atoms in total. The van der Waals surface area contributed by atoms with Gasteiger partial charge >= 0.3 is 0 Å². The van der Waals surface area contributed by atoms with Crippen LogP contribution in [0.5, 0.6) is 0 Å². The van der Waals surface area contributed by atoms with Gasteiger partial charge in [-0.3, -0.25) is 5.10 Å². The molecule has 0 aliphatic heterocycles. The Bertz CT molecular complexity index is 535. The van der Waals surface area contributed by atoms with E-state index >= 15 is 0 Å². The zero-order valence-corrected chi connectivity index (χ0v) is 10.4. The standard InChI is InChI=1S/C8H5Cl2N3S2/c9-4-2-1-3-5(6(4)10)11-7-12-13-8(14)15-7/h1-3H,(H,11,12)(H,13,14). The van der Waals surface area contributed by atoms with E-state index in [9.17, 15) is 0 Å². The molecular formula is C8H5Cl2N3S2. The summed E-state index contributed by atoms with van der Waals surface area (Å²) in [5, 5.41) is 11.3. The zero-order chi connectivity index (χ0) is 10.8. The highest BCUT2D eigenvalue weighted by Gasteiger charge is 2.05. The van der Waals surface area contributed by atoms with E-state index in [0.29, 0.717) is 24.8 Å². The van der Waals surface area contributed by atoms with Gasteiger partial charge in [-0.2, -0.15) is 0 Å². The summed E-state index contributed by atoms with van der Waals surface area (Å²) in [5.41, 5.74) is 0.710. The molecule has 78 valence electrons. The molecule has 0 saturated heterocycles. The number of halogens is 2. The Morgan fingerprint density at radius 3 is 2.87 bits per heavy atom. The van der Waals surface area contributed by atoms with Crippen LogP contribution >= 0.6 is 46.8 Å². The number of benzene rings is 1. The van der Waals surface area contributed by atoms with Crippen LogP contribution in [0.2, 0.25) is 10.0 Å². The third-order valence-electron chi connectivity index (χ3n) is 1.63. The normalized spacial score (nSPS) is 10.3. The number of aromatic amines is 1. The maximum absolute atomic E-state index is 6.00. The van der Waals surface area contributed by atoms with Gasteiger partial charge in [-0.15, -0.1) is 5.10 Å². The number of hydrogen-bond donors (Lipinski definition) is 2. The number of aromatic nitrogens is 2. The fraction of sp³-hybridized carbons (Fsp3) is 0. The summed E-state index contributed by atoms with van der Waals surface area (Å²) in [5.74, 6) is 0. The minimum atomic E-state index is 0.472. The van der Waals surface area contributed by atoms with Crippen molar-refractivity contribution in [3.8, 4) is 0 Å². The first-order valence-electron chi connectivity index (χ1n) is 3.93. The molecule has 1 heterocycles.